The monoisotopic (exact) mass is 295 g/mol. The fourth-order valence-corrected chi connectivity index (χ4v) is 1.94. The van der Waals surface area contributed by atoms with Crippen LogP contribution in [0.1, 0.15) is 6.92 Å². The van der Waals surface area contributed by atoms with E-state index in [0.717, 1.165) is 11.8 Å². The predicted octanol–water partition coefficient (Wildman–Crippen LogP) is 1.20. The van der Waals surface area contributed by atoms with Crippen LogP contribution in [0.3, 0.4) is 0 Å². The Morgan fingerprint density at radius 2 is 1.70 bits per heavy atom. The average Bonchev–Trinajstić information content (AvgIpc) is 2.39. The normalized spacial score (nSPS) is 9.65. The molecule has 0 spiro atoms. The number of rotatable bonds is 6. The Labute approximate surface area is 121 Å². The number of imide groups is 1. The van der Waals surface area contributed by atoms with E-state index in [1.165, 1.54) is 0 Å². The van der Waals surface area contributed by atoms with Gasteiger partial charge in [-0.3, -0.25) is 14.9 Å². The van der Waals surface area contributed by atoms with Crippen molar-refractivity contribution in [1.82, 2.24) is 10.6 Å². The summed E-state index contributed by atoms with van der Waals surface area (Å²) in [6, 6.07) is 8.54. The van der Waals surface area contributed by atoms with Gasteiger partial charge in [0, 0.05) is 12.2 Å². The highest BCUT2D eigenvalue weighted by molar-refractivity contribution is 8.00. The molecule has 7 heteroatoms. The minimum absolute atomic E-state index is 0.0549. The summed E-state index contributed by atoms with van der Waals surface area (Å²) >= 11 is 1.14. The third-order valence-electron chi connectivity index (χ3n) is 2.11. The summed E-state index contributed by atoms with van der Waals surface area (Å²) in [5.41, 5.74) is 0.713. The Hall–Kier alpha value is -2.02. The average molecular weight is 295 g/mol. The highest BCUT2D eigenvalue weighted by Crippen LogP contribution is 2.06. The third-order valence-corrected chi connectivity index (χ3v) is 3.05. The molecular weight excluding hydrogens is 278 g/mol. The molecule has 4 amide bonds. The Morgan fingerprint density at radius 3 is 2.35 bits per heavy atom. The van der Waals surface area contributed by atoms with Crippen LogP contribution in [0, 0.1) is 0 Å². The van der Waals surface area contributed by atoms with Gasteiger partial charge in [0.15, 0.2) is 0 Å². The van der Waals surface area contributed by atoms with Crippen LogP contribution in [0.5, 0.6) is 0 Å². The van der Waals surface area contributed by atoms with Crippen LogP contribution in [0.4, 0.5) is 10.5 Å². The standard InChI is InChI=1S/C13H17N3O3S/c1-2-14-13(19)16-12(18)9-20-8-11(17)15-10-6-4-3-5-7-10/h3-7H,2,8-9H2,1H3,(H,15,17)(H2,14,16,18,19). The highest BCUT2D eigenvalue weighted by Gasteiger charge is 2.08. The number of urea groups is 1. The molecule has 108 valence electrons. The molecular formula is C13H17N3O3S. The lowest BCUT2D eigenvalue weighted by molar-refractivity contribution is -0.117. The van der Waals surface area contributed by atoms with Crippen LogP contribution in [-0.4, -0.2) is 35.9 Å². The van der Waals surface area contributed by atoms with Crippen molar-refractivity contribution in [3.8, 4) is 0 Å². The van der Waals surface area contributed by atoms with Crippen molar-refractivity contribution in [1.29, 1.82) is 0 Å². The number of nitrogens with one attached hydrogen (secondary N) is 3. The van der Waals surface area contributed by atoms with Gasteiger partial charge in [0.1, 0.15) is 0 Å². The first-order chi connectivity index (χ1) is 9.61. The maximum absolute atomic E-state index is 11.6. The number of carbonyl (C=O) groups excluding carboxylic acids is 3. The molecule has 0 bridgehead atoms. The van der Waals surface area contributed by atoms with Crippen molar-refractivity contribution < 1.29 is 14.4 Å². The number of para-hydroxylation sites is 1. The molecule has 1 rings (SSSR count). The number of benzene rings is 1. The fourth-order valence-electron chi connectivity index (χ4n) is 1.32. The summed E-state index contributed by atoms with van der Waals surface area (Å²) in [7, 11) is 0. The van der Waals surface area contributed by atoms with Gasteiger partial charge in [0.05, 0.1) is 11.5 Å². The van der Waals surface area contributed by atoms with Crippen LogP contribution >= 0.6 is 11.8 Å². The van der Waals surface area contributed by atoms with Crippen LogP contribution < -0.4 is 16.0 Å². The number of hydrogen-bond donors (Lipinski definition) is 3. The SMILES string of the molecule is CCNC(=O)NC(=O)CSCC(=O)Nc1ccccc1. The van der Waals surface area contributed by atoms with Crippen molar-refractivity contribution in [3.63, 3.8) is 0 Å². The van der Waals surface area contributed by atoms with E-state index in [4.69, 9.17) is 0 Å². The number of thioether (sulfide) groups is 1. The second kappa shape index (κ2) is 8.98. The fraction of sp³-hybridized carbons (Fsp3) is 0.308. The van der Waals surface area contributed by atoms with E-state index in [0.29, 0.717) is 12.2 Å². The molecule has 1 aromatic carbocycles. The molecule has 0 saturated carbocycles. The van der Waals surface area contributed by atoms with Gasteiger partial charge in [-0.2, -0.15) is 0 Å². The Bertz CT molecular complexity index is 465. The van der Waals surface area contributed by atoms with Crippen LogP contribution in [0.2, 0.25) is 0 Å². The van der Waals surface area contributed by atoms with Gasteiger partial charge in [-0.1, -0.05) is 18.2 Å². The smallest absolute Gasteiger partial charge is 0.321 e. The Balaban J connectivity index is 2.19. The molecule has 0 aliphatic rings. The molecule has 1 aromatic rings. The van der Waals surface area contributed by atoms with Gasteiger partial charge in [-0.15, -0.1) is 11.8 Å². The van der Waals surface area contributed by atoms with Gasteiger partial charge in [0.25, 0.3) is 0 Å². The highest BCUT2D eigenvalue weighted by atomic mass is 32.2. The molecule has 0 atom stereocenters. The van der Waals surface area contributed by atoms with Gasteiger partial charge >= 0.3 is 6.03 Å². The zero-order chi connectivity index (χ0) is 14.8. The summed E-state index contributed by atoms with van der Waals surface area (Å²) in [6.45, 7) is 2.21. The first kappa shape index (κ1) is 16.0. The molecule has 6 nitrogen and oxygen atoms in total. The Morgan fingerprint density at radius 1 is 1.05 bits per heavy atom. The number of hydrogen-bond acceptors (Lipinski definition) is 4. The summed E-state index contributed by atoms with van der Waals surface area (Å²) in [5.74, 6) is -0.405. The number of anilines is 1. The molecule has 20 heavy (non-hydrogen) atoms. The van der Waals surface area contributed by atoms with Gasteiger partial charge in [-0.25, -0.2) is 4.79 Å². The molecule has 0 unspecified atom stereocenters. The first-order valence-electron chi connectivity index (χ1n) is 6.12. The van der Waals surface area contributed by atoms with E-state index < -0.39 is 11.9 Å². The molecule has 3 N–H and O–H groups in total. The van der Waals surface area contributed by atoms with E-state index in [2.05, 4.69) is 16.0 Å². The van der Waals surface area contributed by atoms with E-state index in [9.17, 15) is 14.4 Å². The zero-order valence-corrected chi connectivity index (χ0v) is 12.0. The molecule has 0 heterocycles. The number of amides is 4. The maximum atomic E-state index is 11.6. The van der Waals surface area contributed by atoms with Crippen molar-refractivity contribution in [2.45, 2.75) is 6.92 Å². The van der Waals surface area contributed by atoms with Gasteiger partial charge in [0.2, 0.25) is 11.8 Å². The van der Waals surface area contributed by atoms with E-state index in [1.807, 2.05) is 18.2 Å². The lowest BCUT2D eigenvalue weighted by Gasteiger charge is -2.05. The second-order valence-corrected chi connectivity index (χ2v) is 4.80. The molecule has 0 aliphatic carbocycles. The first-order valence-corrected chi connectivity index (χ1v) is 7.27. The van der Waals surface area contributed by atoms with Gasteiger partial charge in [-0.05, 0) is 19.1 Å². The lowest BCUT2D eigenvalue weighted by Crippen LogP contribution is -2.40. The van der Waals surface area contributed by atoms with Crippen LogP contribution in [0.25, 0.3) is 0 Å². The molecule has 0 fully saturated rings. The summed E-state index contributed by atoms with van der Waals surface area (Å²) < 4.78 is 0. The lowest BCUT2D eigenvalue weighted by atomic mass is 10.3. The minimum atomic E-state index is -0.521. The largest absolute Gasteiger partial charge is 0.338 e. The van der Waals surface area contributed by atoms with Crippen LogP contribution in [0.15, 0.2) is 30.3 Å². The topological polar surface area (TPSA) is 87.3 Å². The molecule has 0 aliphatic heterocycles. The summed E-state index contributed by atoms with van der Waals surface area (Å²) in [4.78, 5) is 34.0. The zero-order valence-electron chi connectivity index (χ0n) is 11.1. The molecule has 0 aromatic heterocycles. The summed E-state index contributed by atoms with van der Waals surface area (Å²) in [5, 5.41) is 7.32. The van der Waals surface area contributed by atoms with Crippen molar-refractivity contribution >= 4 is 35.3 Å². The quantitative estimate of drug-likeness (QED) is 0.736. The van der Waals surface area contributed by atoms with Crippen LogP contribution in [-0.2, 0) is 9.59 Å². The maximum Gasteiger partial charge on any atom is 0.321 e. The van der Waals surface area contributed by atoms with E-state index in [1.54, 1.807) is 19.1 Å². The summed E-state index contributed by atoms with van der Waals surface area (Å²) in [6.07, 6.45) is 0. The predicted molar refractivity (Wildman–Crippen MR) is 79.6 cm³/mol. The third kappa shape index (κ3) is 6.79. The van der Waals surface area contributed by atoms with Crippen molar-refractivity contribution in [3.05, 3.63) is 30.3 Å². The second-order valence-electron chi connectivity index (χ2n) is 3.81. The van der Waals surface area contributed by atoms with Crippen molar-refractivity contribution in [2.75, 3.05) is 23.4 Å². The molecule has 0 saturated heterocycles. The number of carbonyl (C=O) groups is 3. The van der Waals surface area contributed by atoms with E-state index >= 15 is 0 Å². The van der Waals surface area contributed by atoms with Crippen molar-refractivity contribution in [2.24, 2.45) is 0 Å². The van der Waals surface area contributed by atoms with Gasteiger partial charge < -0.3 is 10.6 Å². The van der Waals surface area contributed by atoms with E-state index in [-0.39, 0.29) is 17.4 Å². The minimum Gasteiger partial charge on any atom is -0.338 e. The molecule has 0 radical (unpaired) electrons. The Kier molecular flexibility index (Phi) is 7.20.